The van der Waals surface area contributed by atoms with Crippen LogP contribution in [0.3, 0.4) is 0 Å². The van der Waals surface area contributed by atoms with Gasteiger partial charge in [0.05, 0.1) is 10.5 Å². The van der Waals surface area contributed by atoms with Gasteiger partial charge in [-0.05, 0) is 35.6 Å². The fraction of sp³-hybridized carbons (Fsp3) is 0.429. The van der Waals surface area contributed by atoms with Crippen molar-refractivity contribution in [1.82, 2.24) is 15.1 Å². The van der Waals surface area contributed by atoms with E-state index in [1.165, 1.54) is 12.1 Å². The lowest BCUT2D eigenvalue weighted by molar-refractivity contribution is -0.384. The molecule has 1 aliphatic heterocycles. The van der Waals surface area contributed by atoms with E-state index >= 15 is 0 Å². The molecule has 1 heterocycles. The van der Waals surface area contributed by atoms with Crippen LogP contribution in [-0.2, 0) is 0 Å². The average molecular weight is 432 g/mol. The third-order valence-corrected chi connectivity index (χ3v) is 4.51. The third-order valence-electron chi connectivity index (χ3n) is 3.57. The van der Waals surface area contributed by atoms with Gasteiger partial charge in [-0.2, -0.15) is 0 Å². The van der Waals surface area contributed by atoms with Crippen molar-refractivity contribution in [2.45, 2.75) is 6.92 Å². The molecule has 0 aromatic heterocycles. The lowest BCUT2D eigenvalue weighted by Crippen LogP contribution is -2.53. The number of nitro groups is 1. The normalized spacial score (nSPS) is 14.5. The van der Waals surface area contributed by atoms with Gasteiger partial charge in [0, 0.05) is 48.4 Å². The predicted molar refractivity (Wildman–Crippen MR) is 92.4 cm³/mol. The van der Waals surface area contributed by atoms with Gasteiger partial charge in [-0.25, -0.2) is 4.79 Å². The summed E-state index contributed by atoms with van der Waals surface area (Å²) in [6, 6.07) is 4.12. The molecular formula is C14H17IN4O4. The summed E-state index contributed by atoms with van der Waals surface area (Å²) in [5.74, 6) is -0.242. The Balaban J connectivity index is 2.07. The molecule has 23 heavy (non-hydrogen) atoms. The summed E-state index contributed by atoms with van der Waals surface area (Å²) in [5, 5.41) is 13.6. The van der Waals surface area contributed by atoms with Crippen LogP contribution in [0, 0.1) is 13.7 Å². The molecule has 1 fully saturated rings. The van der Waals surface area contributed by atoms with Gasteiger partial charge in [0.25, 0.3) is 11.6 Å². The molecule has 0 saturated carbocycles. The molecule has 9 heteroatoms. The van der Waals surface area contributed by atoms with E-state index in [1.54, 1.807) is 15.9 Å². The van der Waals surface area contributed by atoms with Crippen molar-refractivity contribution in [3.05, 3.63) is 37.4 Å². The molecular weight excluding hydrogens is 415 g/mol. The van der Waals surface area contributed by atoms with E-state index in [0.717, 1.165) is 0 Å². The molecule has 1 aromatic rings. The van der Waals surface area contributed by atoms with E-state index in [-0.39, 0.29) is 17.6 Å². The second-order valence-corrected chi connectivity index (χ2v) is 6.20. The molecule has 3 amide bonds. The number of hydrogen-bond acceptors (Lipinski definition) is 4. The topological polar surface area (TPSA) is 95.8 Å². The van der Waals surface area contributed by atoms with Gasteiger partial charge in [0.15, 0.2) is 0 Å². The Bertz CT molecular complexity index is 629. The van der Waals surface area contributed by atoms with Crippen molar-refractivity contribution >= 4 is 40.2 Å². The fourth-order valence-corrected chi connectivity index (χ4v) is 2.90. The molecule has 2 rings (SSSR count). The van der Waals surface area contributed by atoms with E-state index < -0.39 is 4.92 Å². The molecule has 8 nitrogen and oxygen atoms in total. The molecule has 124 valence electrons. The summed E-state index contributed by atoms with van der Waals surface area (Å²) in [7, 11) is 0. The highest BCUT2D eigenvalue weighted by Crippen LogP contribution is 2.21. The fourth-order valence-electron chi connectivity index (χ4n) is 2.34. The maximum Gasteiger partial charge on any atom is 0.317 e. The summed E-state index contributed by atoms with van der Waals surface area (Å²) in [4.78, 5) is 38.0. The standard InChI is InChI=1S/C14H17IN4O4/c1-2-16-14(21)18-7-5-17(6-8-18)13(20)11-9-10(19(22)23)3-4-12(11)15/h3-4,9H,2,5-8H2,1H3,(H,16,21). The van der Waals surface area contributed by atoms with Crippen molar-refractivity contribution in [3.63, 3.8) is 0 Å². The molecule has 0 unspecified atom stereocenters. The van der Waals surface area contributed by atoms with Crippen molar-refractivity contribution in [1.29, 1.82) is 0 Å². The van der Waals surface area contributed by atoms with E-state index in [9.17, 15) is 19.7 Å². The molecule has 0 radical (unpaired) electrons. The molecule has 0 aliphatic carbocycles. The zero-order chi connectivity index (χ0) is 17.0. The predicted octanol–water partition coefficient (Wildman–Crippen LogP) is 1.69. The van der Waals surface area contributed by atoms with Crippen LogP contribution in [-0.4, -0.2) is 59.4 Å². The van der Waals surface area contributed by atoms with E-state index in [4.69, 9.17) is 0 Å². The smallest absolute Gasteiger partial charge is 0.317 e. The molecule has 0 atom stereocenters. The van der Waals surface area contributed by atoms with Crippen LogP contribution in [0.4, 0.5) is 10.5 Å². The quantitative estimate of drug-likeness (QED) is 0.447. The molecule has 0 spiro atoms. The Morgan fingerprint density at radius 1 is 1.26 bits per heavy atom. The Morgan fingerprint density at radius 3 is 2.43 bits per heavy atom. The minimum Gasteiger partial charge on any atom is -0.338 e. The Labute approximate surface area is 147 Å². The number of carbonyl (C=O) groups excluding carboxylic acids is 2. The minimum atomic E-state index is -0.514. The number of carbonyl (C=O) groups is 2. The van der Waals surface area contributed by atoms with Crippen LogP contribution in [0.1, 0.15) is 17.3 Å². The summed E-state index contributed by atoms with van der Waals surface area (Å²) in [6.07, 6.45) is 0. The zero-order valence-electron chi connectivity index (χ0n) is 12.6. The number of urea groups is 1. The molecule has 0 bridgehead atoms. The van der Waals surface area contributed by atoms with Gasteiger partial charge in [0.2, 0.25) is 0 Å². The van der Waals surface area contributed by atoms with E-state index in [0.29, 0.717) is 41.9 Å². The SMILES string of the molecule is CCNC(=O)N1CCN(C(=O)c2cc([N+](=O)[O-])ccc2I)CC1. The first-order valence-corrected chi connectivity index (χ1v) is 8.28. The summed E-state index contributed by atoms with van der Waals surface area (Å²) in [6.45, 7) is 4.13. The number of piperazine rings is 1. The number of nitrogens with zero attached hydrogens (tertiary/aromatic N) is 3. The number of hydrogen-bond donors (Lipinski definition) is 1. The van der Waals surface area contributed by atoms with Gasteiger partial charge in [0.1, 0.15) is 0 Å². The van der Waals surface area contributed by atoms with Crippen LogP contribution in [0.2, 0.25) is 0 Å². The number of halogens is 1. The van der Waals surface area contributed by atoms with Crippen LogP contribution in [0.15, 0.2) is 18.2 Å². The highest BCUT2D eigenvalue weighted by molar-refractivity contribution is 14.1. The zero-order valence-corrected chi connectivity index (χ0v) is 14.8. The Hall–Kier alpha value is -1.91. The maximum absolute atomic E-state index is 12.6. The maximum atomic E-state index is 12.6. The summed E-state index contributed by atoms with van der Waals surface area (Å²) >= 11 is 1.99. The number of benzene rings is 1. The minimum absolute atomic E-state index is 0.102. The van der Waals surface area contributed by atoms with Gasteiger partial charge < -0.3 is 15.1 Å². The first-order valence-electron chi connectivity index (χ1n) is 7.20. The van der Waals surface area contributed by atoms with Crippen molar-refractivity contribution in [2.24, 2.45) is 0 Å². The number of rotatable bonds is 3. The molecule has 1 saturated heterocycles. The first-order chi connectivity index (χ1) is 10.9. The van der Waals surface area contributed by atoms with Crippen LogP contribution in [0.5, 0.6) is 0 Å². The van der Waals surface area contributed by atoms with Gasteiger partial charge in [-0.3, -0.25) is 14.9 Å². The highest BCUT2D eigenvalue weighted by Gasteiger charge is 2.26. The number of nitro benzene ring substituents is 1. The van der Waals surface area contributed by atoms with Crippen LogP contribution >= 0.6 is 22.6 Å². The van der Waals surface area contributed by atoms with Crippen molar-refractivity contribution in [2.75, 3.05) is 32.7 Å². The molecule has 1 N–H and O–H groups in total. The van der Waals surface area contributed by atoms with Gasteiger partial charge >= 0.3 is 6.03 Å². The second-order valence-electron chi connectivity index (χ2n) is 5.04. The number of amides is 3. The van der Waals surface area contributed by atoms with Crippen molar-refractivity contribution in [3.8, 4) is 0 Å². The average Bonchev–Trinajstić information content (AvgIpc) is 2.55. The van der Waals surface area contributed by atoms with E-state index in [1.807, 2.05) is 29.5 Å². The second kappa shape index (κ2) is 7.57. The van der Waals surface area contributed by atoms with Crippen LogP contribution < -0.4 is 5.32 Å². The van der Waals surface area contributed by atoms with E-state index in [2.05, 4.69) is 5.32 Å². The lowest BCUT2D eigenvalue weighted by Gasteiger charge is -2.34. The number of non-ortho nitro benzene ring substituents is 1. The summed E-state index contributed by atoms with van der Waals surface area (Å²) < 4.78 is 0.671. The van der Waals surface area contributed by atoms with Crippen LogP contribution in [0.25, 0.3) is 0 Å². The highest BCUT2D eigenvalue weighted by atomic mass is 127. The third kappa shape index (κ3) is 4.09. The Morgan fingerprint density at radius 2 is 1.87 bits per heavy atom. The molecule has 1 aliphatic rings. The lowest BCUT2D eigenvalue weighted by atomic mass is 10.1. The monoisotopic (exact) mass is 432 g/mol. The summed E-state index contributed by atoms with van der Waals surface area (Å²) in [5.41, 5.74) is 0.223. The Kier molecular flexibility index (Phi) is 5.74. The largest absolute Gasteiger partial charge is 0.338 e. The van der Waals surface area contributed by atoms with Crippen molar-refractivity contribution < 1.29 is 14.5 Å². The van der Waals surface area contributed by atoms with Gasteiger partial charge in [-0.15, -0.1) is 0 Å². The molecule has 1 aromatic carbocycles. The van der Waals surface area contributed by atoms with Gasteiger partial charge in [-0.1, -0.05) is 0 Å². The first kappa shape index (κ1) is 17.4. The number of nitrogens with one attached hydrogen (secondary N) is 1.